The zero-order valence-electron chi connectivity index (χ0n) is 9.27. The molecule has 16 heavy (non-hydrogen) atoms. The Morgan fingerprint density at radius 3 is 2.75 bits per heavy atom. The molecule has 1 aromatic carbocycles. The van der Waals surface area contributed by atoms with Gasteiger partial charge in [-0.2, -0.15) is 0 Å². The molecule has 1 aliphatic rings. The lowest BCUT2D eigenvalue weighted by Crippen LogP contribution is -2.40. The van der Waals surface area contributed by atoms with Crippen molar-refractivity contribution in [3.8, 4) is 0 Å². The van der Waals surface area contributed by atoms with Gasteiger partial charge in [-0.3, -0.25) is 9.59 Å². The molecule has 1 aromatic rings. The van der Waals surface area contributed by atoms with Gasteiger partial charge in [-0.05, 0) is 12.5 Å². The zero-order chi connectivity index (χ0) is 11.8. The van der Waals surface area contributed by atoms with Gasteiger partial charge in [0.25, 0.3) is 12.4 Å². The highest BCUT2D eigenvalue weighted by atomic mass is 16.5. The molecule has 0 spiro atoms. The Balaban J connectivity index is 2.63. The average molecular weight is 219 g/mol. The monoisotopic (exact) mass is 219 g/mol. The van der Waals surface area contributed by atoms with Crippen LogP contribution >= 0.6 is 0 Å². The van der Waals surface area contributed by atoms with Gasteiger partial charge in [-0.15, -0.1) is 0 Å². The fourth-order valence-electron chi connectivity index (χ4n) is 2.22. The summed E-state index contributed by atoms with van der Waals surface area (Å²) in [5.74, 6) is -0.191. The van der Waals surface area contributed by atoms with Crippen LogP contribution in [0, 0.1) is 0 Å². The van der Waals surface area contributed by atoms with Gasteiger partial charge in [0.15, 0.2) is 0 Å². The Morgan fingerprint density at radius 2 is 2.12 bits per heavy atom. The number of likely N-dealkylation sites (N-methyl/N-ethyl adjacent to an activating group) is 1. The molecule has 1 heterocycles. The summed E-state index contributed by atoms with van der Waals surface area (Å²) in [6.07, 6.45) is 0.436. The van der Waals surface area contributed by atoms with Crippen molar-refractivity contribution in [3.05, 3.63) is 29.8 Å². The minimum absolute atomic E-state index is 0.191. The predicted molar refractivity (Wildman–Crippen MR) is 59.0 cm³/mol. The smallest absolute Gasteiger partial charge is 0.294 e. The van der Waals surface area contributed by atoms with E-state index in [2.05, 4.69) is 0 Å². The number of para-hydroxylation sites is 1. The number of amides is 1. The van der Waals surface area contributed by atoms with Crippen molar-refractivity contribution < 1.29 is 14.3 Å². The summed E-state index contributed by atoms with van der Waals surface area (Å²) in [5, 5.41) is 0. The third-order valence-electron chi connectivity index (χ3n) is 3.10. The molecule has 0 fully saturated rings. The SMILES string of the molecule is CCC1(OC=O)C(=O)N(C)c2ccccc21. The lowest BCUT2D eigenvalue weighted by molar-refractivity contribution is -0.156. The van der Waals surface area contributed by atoms with Gasteiger partial charge in [0.05, 0.1) is 5.69 Å². The lowest BCUT2D eigenvalue weighted by atomic mass is 9.92. The van der Waals surface area contributed by atoms with Crippen molar-refractivity contribution in [2.75, 3.05) is 11.9 Å². The van der Waals surface area contributed by atoms with Gasteiger partial charge >= 0.3 is 0 Å². The van der Waals surface area contributed by atoms with Crippen LogP contribution in [-0.4, -0.2) is 19.4 Å². The third kappa shape index (κ3) is 1.16. The summed E-state index contributed by atoms with van der Waals surface area (Å²) in [6, 6.07) is 7.36. The summed E-state index contributed by atoms with van der Waals surface area (Å²) in [7, 11) is 1.69. The molecule has 0 saturated carbocycles. The molecule has 0 aromatic heterocycles. The van der Waals surface area contributed by atoms with Crippen molar-refractivity contribution in [1.82, 2.24) is 0 Å². The van der Waals surface area contributed by atoms with Gasteiger partial charge < -0.3 is 9.64 Å². The van der Waals surface area contributed by atoms with E-state index >= 15 is 0 Å². The lowest BCUT2D eigenvalue weighted by Gasteiger charge is -2.24. The van der Waals surface area contributed by atoms with Gasteiger partial charge in [-0.25, -0.2) is 0 Å². The number of hydrogen-bond donors (Lipinski definition) is 0. The fourth-order valence-corrected chi connectivity index (χ4v) is 2.22. The van der Waals surface area contributed by atoms with E-state index in [1.807, 2.05) is 31.2 Å². The molecule has 1 amide bonds. The first-order chi connectivity index (χ1) is 7.67. The van der Waals surface area contributed by atoms with Crippen LogP contribution in [-0.2, 0) is 19.9 Å². The first-order valence-electron chi connectivity index (χ1n) is 5.16. The molecule has 1 aliphatic heterocycles. The van der Waals surface area contributed by atoms with E-state index in [-0.39, 0.29) is 5.91 Å². The number of nitrogens with zero attached hydrogens (tertiary/aromatic N) is 1. The van der Waals surface area contributed by atoms with Crippen molar-refractivity contribution in [2.24, 2.45) is 0 Å². The van der Waals surface area contributed by atoms with E-state index < -0.39 is 5.60 Å². The summed E-state index contributed by atoms with van der Waals surface area (Å²) in [5.41, 5.74) is 0.431. The molecular weight excluding hydrogens is 206 g/mol. The number of hydrogen-bond acceptors (Lipinski definition) is 3. The molecule has 2 rings (SSSR count). The summed E-state index contributed by atoms with van der Waals surface area (Å²) in [6.45, 7) is 2.18. The zero-order valence-corrected chi connectivity index (χ0v) is 9.27. The minimum atomic E-state index is -1.13. The summed E-state index contributed by atoms with van der Waals surface area (Å²) >= 11 is 0. The Bertz CT molecular complexity index is 444. The van der Waals surface area contributed by atoms with Crippen LogP contribution in [0.4, 0.5) is 5.69 Å². The standard InChI is InChI=1S/C12H13NO3/c1-3-12(16-8-14)9-6-4-5-7-10(9)13(2)11(12)15/h4-8H,3H2,1-2H3. The molecule has 0 bridgehead atoms. The van der Waals surface area contributed by atoms with Crippen molar-refractivity contribution in [1.29, 1.82) is 0 Å². The number of carbonyl (C=O) groups excluding carboxylic acids is 2. The van der Waals surface area contributed by atoms with Gasteiger partial charge in [0.2, 0.25) is 5.60 Å². The second-order valence-electron chi connectivity index (χ2n) is 3.78. The van der Waals surface area contributed by atoms with E-state index in [1.54, 1.807) is 7.05 Å². The molecule has 0 radical (unpaired) electrons. The first kappa shape index (κ1) is 10.7. The number of fused-ring (bicyclic) bond motifs is 1. The highest BCUT2D eigenvalue weighted by molar-refractivity contribution is 6.07. The summed E-state index contributed by atoms with van der Waals surface area (Å²) < 4.78 is 5.08. The van der Waals surface area contributed by atoms with Gasteiger partial charge in [-0.1, -0.05) is 25.1 Å². The Morgan fingerprint density at radius 1 is 1.44 bits per heavy atom. The number of rotatable bonds is 3. The fraction of sp³-hybridized carbons (Fsp3) is 0.333. The molecule has 0 aliphatic carbocycles. The average Bonchev–Trinajstić information content (AvgIpc) is 2.53. The minimum Gasteiger partial charge on any atom is -0.446 e. The van der Waals surface area contributed by atoms with E-state index in [9.17, 15) is 9.59 Å². The van der Waals surface area contributed by atoms with Crippen molar-refractivity contribution in [3.63, 3.8) is 0 Å². The van der Waals surface area contributed by atoms with Crippen LogP contribution in [0.3, 0.4) is 0 Å². The number of anilines is 1. The number of benzene rings is 1. The van der Waals surface area contributed by atoms with Crippen LogP contribution in [0.5, 0.6) is 0 Å². The molecular formula is C12H13NO3. The van der Waals surface area contributed by atoms with Gasteiger partial charge in [0, 0.05) is 12.6 Å². The van der Waals surface area contributed by atoms with Crippen LogP contribution in [0.25, 0.3) is 0 Å². The van der Waals surface area contributed by atoms with Crippen LogP contribution in [0.2, 0.25) is 0 Å². The van der Waals surface area contributed by atoms with Crippen LogP contribution in [0.15, 0.2) is 24.3 Å². The maximum absolute atomic E-state index is 12.1. The molecule has 84 valence electrons. The van der Waals surface area contributed by atoms with E-state index in [4.69, 9.17) is 4.74 Å². The molecule has 4 heteroatoms. The summed E-state index contributed by atoms with van der Waals surface area (Å²) in [4.78, 5) is 24.3. The second kappa shape index (κ2) is 3.63. The maximum atomic E-state index is 12.1. The van der Waals surface area contributed by atoms with Gasteiger partial charge in [0.1, 0.15) is 0 Å². The number of ether oxygens (including phenoxy) is 1. The highest BCUT2D eigenvalue weighted by Crippen LogP contribution is 2.43. The van der Waals surface area contributed by atoms with E-state index in [0.29, 0.717) is 12.9 Å². The Hall–Kier alpha value is -1.84. The predicted octanol–water partition coefficient (Wildman–Crippen LogP) is 1.44. The number of carbonyl (C=O) groups is 2. The van der Waals surface area contributed by atoms with E-state index in [1.165, 1.54) is 4.90 Å². The first-order valence-corrected chi connectivity index (χ1v) is 5.16. The topological polar surface area (TPSA) is 46.6 Å². The van der Waals surface area contributed by atoms with E-state index in [0.717, 1.165) is 11.3 Å². The molecule has 1 atom stereocenters. The van der Waals surface area contributed by atoms with Crippen molar-refractivity contribution >= 4 is 18.1 Å². The molecule has 0 N–H and O–H groups in total. The normalized spacial score (nSPS) is 23.1. The Kier molecular flexibility index (Phi) is 2.42. The second-order valence-corrected chi connectivity index (χ2v) is 3.78. The highest BCUT2D eigenvalue weighted by Gasteiger charge is 2.50. The van der Waals surface area contributed by atoms with Crippen LogP contribution in [0.1, 0.15) is 18.9 Å². The quantitative estimate of drug-likeness (QED) is 0.723. The van der Waals surface area contributed by atoms with Crippen molar-refractivity contribution in [2.45, 2.75) is 18.9 Å². The molecule has 4 nitrogen and oxygen atoms in total. The molecule has 1 unspecified atom stereocenters. The molecule has 0 saturated heterocycles. The van der Waals surface area contributed by atoms with Crippen LogP contribution < -0.4 is 4.90 Å². The third-order valence-corrected chi connectivity index (χ3v) is 3.10. The maximum Gasteiger partial charge on any atom is 0.294 e. The largest absolute Gasteiger partial charge is 0.446 e. The Labute approximate surface area is 93.8 Å².